The monoisotopic (exact) mass is 236 g/mol. The van der Waals surface area contributed by atoms with E-state index in [1.807, 2.05) is 13.0 Å². The minimum absolute atomic E-state index is 0.254. The van der Waals surface area contributed by atoms with Crippen LogP contribution in [0, 0.1) is 12.8 Å². The maximum atomic E-state index is 5.94. The van der Waals surface area contributed by atoms with Crippen molar-refractivity contribution in [1.82, 2.24) is 4.90 Å². The first kappa shape index (κ1) is 12.7. The highest BCUT2D eigenvalue weighted by molar-refractivity contribution is 5.10. The van der Waals surface area contributed by atoms with E-state index in [1.54, 1.807) is 0 Å². The Kier molecular flexibility index (Phi) is 4.24. The van der Waals surface area contributed by atoms with Crippen molar-refractivity contribution in [2.24, 2.45) is 11.7 Å². The fraction of sp³-hybridized carbons (Fsp3) is 0.714. The molecule has 0 aliphatic heterocycles. The molecule has 1 aromatic heterocycles. The summed E-state index contributed by atoms with van der Waals surface area (Å²) in [5.74, 6) is 2.90. The Hall–Kier alpha value is -0.800. The zero-order valence-corrected chi connectivity index (χ0v) is 11.0. The van der Waals surface area contributed by atoms with Gasteiger partial charge in [0.15, 0.2) is 0 Å². The number of furan rings is 1. The molecule has 0 amide bonds. The summed E-state index contributed by atoms with van der Waals surface area (Å²) in [6.07, 6.45) is 3.94. The van der Waals surface area contributed by atoms with Crippen LogP contribution in [0.1, 0.15) is 43.7 Å². The Labute approximate surface area is 104 Å². The molecule has 0 saturated heterocycles. The summed E-state index contributed by atoms with van der Waals surface area (Å²) in [6.45, 7) is 7.14. The molecule has 2 N–H and O–H groups in total. The summed E-state index contributed by atoms with van der Waals surface area (Å²) < 4.78 is 5.74. The summed E-state index contributed by atoms with van der Waals surface area (Å²) in [4.78, 5) is 2.50. The first-order valence-electron chi connectivity index (χ1n) is 6.75. The first-order valence-corrected chi connectivity index (χ1v) is 6.75. The van der Waals surface area contributed by atoms with Gasteiger partial charge in [0.05, 0.1) is 6.04 Å². The van der Waals surface area contributed by atoms with E-state index in [0.29, 0.717) is 6.54 Å². The molecule has 3 nitrogen and oxygen atoms in total. The zero-order chi connectivity index (χ0) is 12.3. The van der Waals surface area contributed by atoms with Crippen LogP contribution in [0.25, 0.3) is 0 Å². The predicted octanol–water partition coefficient (Wildman–Crippen LogP) is 2.71. The van der Waals surface area contributed by atoms with Gasteiger partial charge in [-0.25, -0.2) is 0 Å². The normalized spacial score (nSPS) is 17.6. The summed E-state index contributed by atoms with van der Waals surface area (Å²) >= 11 is 0. The maximum absolute atomic E-state index is 5.94. The van der Waals surface area contributed by atoms with Crippen LogP contribution in [0.15, 0.2) is 16.5 Å². The van der Waals surface area contributed by atoms with Crippen LogP contribution in [0.2, 0.25) is 0 Å². The number of hydrogen-bond donors (Lipinski definition) is 1. The van der Waals surface area contributed by atoms with Crippen molar-refractivity contribution in [2.45, 2.75) is 39.2 Å². The van der Waals surface area contributed by atoms with E-state index < -0.39 is 0 Å². The average Bonchev–Trinajstić information content (AvgIpc) is 3.02. The highest BCUT2D eigenvalue weighted by atomic mass is 16.3. The van der Waals surface area contributed by atoms with Gasteiger partial charge in [-0.2, -0.15) is 0 Å². The first-order chi connectivity index (χ1) is 8.24. The van der Waals surface area contributed by atoms with Gasteiger partial charge < -0.3 is 10.2 Å². The lowest BCUT2D eigenvalue weighted by Gasteiger charge is -2.29. The van der Waals surface area contributed by atoms with Crippen molar-refractivity contribution in [2.75, 3.05) is 19.6 Å². The molecule has 1 saturated carbocycles. The molecule has 3 heteroatoms. The van der Waals surface area contributed by atoms with Gasteiger partial charge in [0, 0.05) is 13.1 Å². The predicted molar refractivity (Wildman–Crippen MR) is 69.8 cm³/mol. The second-order valence-corrected chi connectivity index (χ2v) is 5.14. The van der Waals surface area contributed by atoms with Crippen molar-refractivity contribution >= 4 is 0 Å². The van der Waals surface area contributed by atoms with Crippen LogP contribution in [-0.4, -0.2) is 24.5 Å². The molecule has 1 fully saturated rings. The second-order valence-electron chi connectivity index (χ2n) is 5.14. The second kappa shape index (κ2) is 5.69. The standard InChI is InChI=1S/C14H24N2O/c1-3-8-16(10-12-5-6-12)13(9-15)14-7-4-11(2)17-14/h4,7,12-13H,3,5-6,8-10,15H2,1-2H3. The Bertz CT molecular complexity index is 344. The zero-order valence-electron chi connectivity index (χ0n) is 11.0. The quantitative estimate of drug-likeness (QED) is 0.791. The molecule has 0 bridgehead atoms. The van der Waals surface area contributed by atoms with Gasteiger partial charge in [-0.15, -0.1) is 0 Å². The maximum Gasteiger partial charge on any atom is 0.122 e. The SMILES string of the molecule is CCCN(CC1CC1)C(CN)c1ccc(C)o1. The van der Waals surface area contributed by atoms with Crippen LogP contribution in [0.4, 0.5) is 0 Å². The molecule has 96 valence electrons. The van der Waals surface area contributed by atoms with E-state index in [4.69, 9.17) is 10.2 Å². The van der Waals surface area contributed by atoms with Crippen molar-refractivity contribution in [3.63, 3.8) is 0 Å². The Morgan fingerprint density at radius 3 is 2.71 bits per heavy atom. The number of rotatable bonds is 7. The highest BCUT2D eigenvalue weighted by Gasteiger charge is 2.29. The van der Waals surface area contributed by atoms with Crippen molar-refractivity contribution in [3.8, 4) is 0 Å². The Morgan fingerprint density at radius 1 is 1.47 bits per heavy atom. The third-order valence-electron chi connectivity index (χ3n) is 3.45. The fourth-order valence-corrected chi connectivity index (χ4v) is 2.37. The molecule has 1 heterocycles. The number of hydrogen-bond acceptors (Lipinski definition) is 3. The minimum Gasteiger partial charge on any atom is -0.465 e. The molecule has 0 aromatic carbocycles. The molecule has 1 unspecified atom stereocenters. The number of aryl methyl sites for hydroxylation is 1. The molecular weight excluding hydrogens is 212 g/mol. The molecule has 1 aliphatic carbocycles. The van der Waals surface area contributed by atoms with E-state index in [0.717, 1.165) is 24.0 Å². The molecule has 0 radical (unpaired) electrons. The lowest BCUT2D eigenvalue weighted by molar-refractivity contribution is 0.171. The van der Waals surface area contributed by atoms with Crippen LogP contribution in [-0.2, 0) is 0 Å². The number of nitrogens with zero attached hydrogens (tertiary/aromatic N) is 1. The third-order valence-corrected chi connectivity index (χ3v) is 3.45. The smallest absolute Gasteiger partial charge is 0.122 e. The average molecular weight is 236 g/mol. The minimum atomic E-state index is 0.254. The van der Waals surface area contributed by atoms with Gasteiger partial charge in [-0.05, 0) is 50.8 Å². The van der Waals surface area contributed by atoms with Crippen LogP contribution >= 0.6 is 0 Å². The lowest BCUT2D eigenvalue weighted by atomic mass is 10.1. The largest absolute Gasteiger partial charge is 0.465 e. The van der Waals surface area contributed by atoms with Gasteiger partial charge in [0.25, 0.3) is 0 Å². The Balaban J connectivity index is 2.06. The van der Waals surface area contributed by atoms with Crippen LogP contribution in [0.5, 0.6) is 0 Å². The van der Waals surface area contributed by atoms with E-state index in [-0.39, 0.29) is 6.04 Å². The molecule has 1 atom stereocenters. The molecular formula is C14H24N2O. The lowest BCUT2D eigenvalue weighted by Crippen LogP contribution is -2.35. The van der Waals surface area contributed by atoms with E-state index in [2.05, 4.69) is 17.9 Å². The Morgan fingerprint density at radius 2 is 2.24 bits per heavy atom. The molecule has 2 rings (SSSR count). The van der Waals surface area contributed by atoms with Crippen LogP contribution < -0.4 is 5.73 Å². The van der Waals surface area contributed by atoms with E-state index >= 15 is 0 Å². The van der Waals surface area contributed by atoms with Gasteiger partial charge in [-0.3, -0.25) is 4.90 Å². The third kappa shape index (κ3) is 3.33. The summed E-state index contributed by atoms with van der Waals surface area (Å²) in [6, 6.07) is 4.35. The summed E-state index contributed by atoms with van der Waals surface area (Å²) in [5, 5.41) is 0. The fourth-order valence-electron chi connectivity index (χ4n) is 2.37. The highest BCUT2D eigenvalue weighted by Crippen LogP contribution is 2.33. The molecule has 17 heavy (non-hydrogen) atoms. The topological polar surface area (TPSA) is 42.4 Å². The van der Waals surface area contributed by atoms with E-state index in [1.165, 1.54) is 25.8 Å². The molecule has 1 aromatic rings. The van der Waals surface area contributed by atoms with Gasteiger partial charge in [0.1, 0.15) is 11.5 Å². The van der Waals surface area contributed by atoms with Crippen molar-refractivity contribution in [1.29, 1.82) is 0 Å². The van der Waals surface area contributed by atoms with Crippen molar-refractivity contribution in [3.05, 3.63) is 23.7 Å². The van der Waals surface area contributed by atoms with Gasteiger partial charge in [0.2, 0.25) is 0 Å². The van der Waals surface area contributed by atoms with Gasteiger partial charge >= 0.3 is 0 Å². The van der Waals surface area contributed by atoms with Crippen LogP contribution in [0.3, 0.4) is 0 Å². The van der Waals surface area contributed by atoms with E-state index in [9.17, 15) is 0 Å². The molecule has 0 spiro atoms. The number of nitrogens with two attached hydrogens (primary N) is 1. The summed E-state index contributed by atoms with van der Waals surface area (Å²) in [5.41, 5.74) is 5.94. The molecule has 1 aliphatic rings. The van der Waals surface area contributed by atoms with Crippen molar-refractivity contribution < 1.29 is 4.42 Å². The summed E-state index contributed by atoms with van der Waals surface area (Å²) in [7, 11) is 0. The van der Waals surface area contributed by atoms with Gasteiger partial charge in [-0.1, -0.05) is 6.92 Å².